The van der Waals surface area contributed by atoms with E-state index < -0.39 is 0 Å². The van der Waals surface area contributed by atoms with Gasteiger partial charge in [0, 0.05) is 35.6 Å². The van der Waals surface area contributed by atoms with Crippen LogP contribution in [0.1, 0.15) is 31.5 Å². The first-order valence-electron chi connectivity index (χ1n) is 9.28. The zero-order chi connectivity index (χ0) is 18.4. The van der Waals surface area contributed by atoms with Gasteiger partial charge in [-0.05, 0) is 31.9 Å². The van der Waals surface area contributed by atoms with Crippen LogP contribution in [-0.2, 0) is 22.6 Å². The van der Waals surface area contributed by atoms with Crippen LogP contribution < -0.4 is 0 Å². The Morgan fingerprint density at radius 1 is 1.31 bits per heavy atom. The number of aromatic nitrogens is 1. The molecular formula is C20H25N3O3. The molecule has 1 aromatic carbocycles. The highest BCUT2D eigenvalue weighted by molar-refractivity contribution is 5.90. The molecule has 0 bridgehead atoms. The van der Waals surface area contributed by atoms with Crippen molar-refractivity contribution in [2.45, 2.75) is 45.3 Å². The molecule has 2 amide bonds. The summed E-state index contributed by atoms with van der Waals surface area (Å²) in [6.07, 6.45) is 0.904. The van der Waals surface area contributed by atoms with E-state index in [4.69, 9.17) is 0 Å². The second kappa shape index (κ2) is 6.43. The summed E-state index contributed by atoms with van der Waals surface area (Å²) < 4.78 is 0. The van der Waals surface area contributed by atoms with Gasteiger partial charge in [0.1, 0.15) is 0 Å². The van der Waals surface area contributed by atoms with Gasteiger partial charge >= 0.3 is 0 Å². The molecule has 26 heavy (non-hydrogen) atoms. The number of rotatable bonds is 3. The minimum absolute atomic E-state index is 0.0233. The third-order valence-corrected chi connectivity index (χ3v) is 5.74. The van der Waals surface area contributed by atoms with Crippen LogP contribution in [0.25, 0.3) is 10.9 Å². The average molecular weight is 355 g/mol. The van der Waals surface area contributed by atoms with Crippen LogP contribution in [0.3, 0.4) is 0 Å². The highest BCUT2D eigenvalue weighted by Crippen LogP contribution is 2.32. The molecule has 138 valence electrons. The lowest BCUT2D eigenvalue weighted by molar-refractivity contribution is -0.140. The third kappa shape index (κ3) is 2.69. The molecular weight excluding hydrogens is 330 g/mol. The Labute approximate surface area is 152 Å². The molecule has 6 heteroatoms. The fourth-order valence-electron chi connectivity index (χ4n) is 4.32. The van der Waals surface area contributed by atoms with Crippen molar-refractivity contribution in [3.8, 4) is 0 Å². The molecule has 2 aliphatic heterocycles. The number of amides is 2. The molecule has 0 saturated carbocycles. The first-order valence-corrected chi connectivity index (χ1v) is 9.28. The number of aliphatic hydroxyl groups excluding tert-OH is 1. The Morgan fingerprint density at radius 3 is 2.77 bits per heavy atom. The quantitative estimate of drug-likeness (QED) is 0.879. The summed E-state index contributed by atoms with van der Waals surface area (Å²) in [7, 11) is 0. The summed E-state index contributed by atoms with van der Waals surface area (Å²) in [5.41, 5.74) is 3.29. The summed E-state index contributed by atoms with van der Waals surface area (Å²) in [4.78, 5) is 32.3. The van der Waals surface area contributed by atoms with Crippen LogP contribution in [0.2, 0.25) is 0 Å². The number of benzene rings is 1. The van der Waals surface area contributed by atoms with Crippen molar-refractivity contribution in [1.82, 2.24) is 14.8 Å². The van der Waals surface area contributed by atoms with Crippen LogP contribution in [-0.4, -0.2) is 56.9 Å². The van der Waals surface area contributed by atoms with Crippen LogP contribution in [0.15, 0.2) is 24.3 Å². The average Bonchev–Trinajstić information content (AvgIpc) is 3.20. The number of carbonyl (C=O) groups is 2. The number of H-pyrrole nitrogens is 1. The zero-order valence-corrected chi connectivity index (χ0v) is 15.2. The van der Waals surface area contributed by atoms with E-state index in [9.17, 15) is 14.7 Å². The second-order valence-electron chi connectivity index (χ2n) is 7.68. The maximum Gasteiger partial charge on any atom is 0.228 e. The number of nitrogens with one attached hydrogen (secondary N) is 1. The van der Waals surface area contributed by atoms with Crippen LogP contribution in [0, 0.1) is 5.92 Å². The number of fused-ring (bicyclic) bond motifs is 3. The van der Waals surface area contributed by atoms with Crippen LogP contribution in [0.4, 0.5) is 0 Å². The number of para-hydroxylation sites is 1. The molecule has 0 spiro atoms. The Balaban J connectivity index is 1.60. The number of nitrogens with zero attached hydrogens (tertiary/aromatic N) is 2. The molecule has 2 atom stereocenters. The number of aromatic amines is 1. The van der Waals surface area contributed by atoms with E-state index in [1.807, 2.05) is 32.0 Å². The Kier molecular flexibility index (Phi) is 4.23. The molecule has 1 saturated heterocycles. The van der Waals surface area contributed by atoms with Crippen molar-refractivity contribution >= 4 is 22.7 Å². The first-order chi connectivity index (χ1) is 12.5. The van der Waals surface area contributed by atoms with E-state index in [1.165, 1.54) is 5.56 Å². The number of hydrogen-bond acceptors (Lipinski definition) is 3. The van der Waals surface area contributed by atoms with E-state index >= 15 is 0 Å². The maximum atomic E-state index is 13.1. The molecule has 2 aromatic rings. The van der Waals surface area contributed by atoms with Crippen molar-refractivity contribution in [2.24, 2.45) is 5.92 Å². The first kappa shape index (κ1) is 17.1. The normalized spacial score (nSPS) is 23.2. The van der Waals surface area contributed by atoms with E-state index in [1.54, 1.807) is 9.80 Å². The largest absolute Gasteiger partial charge is 0.394 e. The van der Waals surface area contributed by atoms with E-state index in [0.717, 1.165) is 16.6 Å². The van der Waals surface area contributed by atoms with Crippen molar-refractivity contribution in [1.29, 1.82) is 0 Å². The van der Waals surface area contributed by atoms with Gasteiger partial charge in [-0.15, -0.1) is 0 Å². The monoisotopic (exact) mass is 355 g/mol. The maximum absolute atomic E-state index is 13.1. The zero-order valence-electron chi connectivity index (χ0n) is 15.2. The molecule has 4 rings (SSSR count). The van der Waals surface area contributed by atoms with Crippen molar-refractivity contribution in [3.63, 3.8) is 0 Å². The molecule has 2 unspecified atom stereocenters. The highest BCUT2D eigenvalue weighted by Gasteiger charge is 2.40. The minimum Gasteiger partial charge on any atom is -0.394 e. The molecule has 1 aromatic heterocycles. The molecule has 0 radical (unpaired) electrons. The van der Waals surface area contributed by atoms with Gasteiger partial charge in [0.2, 0.25) is 11.8 Å². The third-order valence-electron chi connectivity index (χ3n) is 5.74. The topological polar surface area (TPSA) is 76.6 Å². The fraction of sp³-hybridized carbons (Fsp3) is 0.500. The summed E-state index contributed by atoms with van der Waals surface area (Å²) >= 11 is 0. The van der Waals surface area contributed by atoms with Crippen molar-refractivity contribution in [3.05, 3.63) is 35.5 Å². The van der Waals surface area contributed by atoms with E-state index in [-0.39, 0.29) is 42.8 Å². The minimum atomic E-state index is -0.315. The van der Waals surface area contributed by atoms with Crippen molar-refractivity contribution < 1.29 is 14.7 Å². The number of carbonyl (C=O) groups excluding carboxylic acids is 2. The summed E-state index contributed by atoms with van der Waals surface area (Å²) in [6, 6.07) is 7.97. The lowest BCUT2D eigenvalue weighted by Crippen LogP contribution is -2.49. The lowest BCUT2D eigenvalue weighted by Gasteiger charge is -2.36. The van der Waals surface area contributed by atoms with Gasteiger partial charge in [0.25, 0.3) is 0 Å². The lowest BCUT2D eigenvalue weighted by atomic mass is 9.95. The molecule has 1 fully saturated rings. The summed E-state index contributed by atoms with van der Waals surface area (Å²) in [6.45, 7) is 4.81. The fourth-order valence-corrected chi connectivity index (χ4v) is 4.32. The Bertz CT molecular complexity index is 857. The van der Waals surface area contributed by atoms with E-state index in [2.05, 4.69) is 11.1 Å². The molecule has 0 aliphatic carbocycles. The predicted molar refractivity (Wildman–Crippen MR) is 98.4 cm³/mol. The smallest absolute Gasteiger partial charge is 0.228 e. The Hall–Kier alpha value is -2.34. The van der Waals surface area contributed by atoms with Gasteiger partial charge < -0.3 is 19.9 Å². The summed E-state index contributed by atoms with van der Waals surface area (Å²) in [5.74, 6) is -0.294. The predicted octanol–water partition coefficient (Wildman–Crippen LogP) is 1.67. The SMILES string of the molecule is CC(C)N1CC(C(=O)N2Cc3[nH]c4ccccc4c3CC2CO)CC1=O. The number of aliphatic hydroxyl groups is 1. The molecule has 2 N–H and O–H groups in total. The van der Waals surface area contributed by atoms with Crippen LogP contribution >= 0.6 is 0 Å². The molecule has 6 nitrogen and oxygen atoms in total. The van der Waals surface area contributed by atoms with Gasteiger partial charge in [-0.2, -0.15) is 0 Å². The molecule has 3 heterocycles. The second-order valence-corrected chi connectivity index (χ2v) is 7.68. The van der Waals surface area contributed by atoms with Gasteiger partial charge in [-0.25, -0.2) is 0 Å². The number of likely N-dealkylation sites (tertiary alicyclic amines) is 1. The van der Waals surface area contributed by atoms with Crippen LogP contribution in [0.5, 0.6) is 0 Å². The summed E-state index contributed by atoms with van der Waals surface area (Å²) in [5, 5.41) is 11.1. The van der Waals surface area contributed by atoms with Gasteiger partial charge in [-0.3, -0.25) is 9.59 Å². The highest BCUT2D eigenvalue weighted by atomic mass is 16.3. The Morgan fingerprint density at radius 2 is 2.08 bits per heavy atom. The van der Waals surface area contributed by atoms with Gasteiger partial charge in [0.05, 0.1) is 25.1 Å². The van der Waals surface area contributed by atoms with Gasteiger partial charge in [-0.1, -0.05) is 18.2 Å². The molecule has 2 aliphatic rings. The van der Waals surface area contributed by atoms with Gasteiger partial charge in [0.15, 0.2) is 0 Å². The van der Waals surface area contributed by atoms with Crippen molar-refractivity contribution in [2.75, 3.05) is 13.2 Å². The number of hydrogen-bond donors (Lipinski definition) is 2. The standard InChI is InChI=1S/C20H25N3O3/c1-12(2)22-9-13(7-19(22)25)20(26)23-10-18-16(8-14(23)11-24)15-5-3-4-6-17(15)21-18/h3-6,12-14,21,24H,7-11H2,1-2H3. The van der Waals surface area contributed by atoms with E-state index in [0.29, 0.717) is 19.5 Å².